The summed E-state index contributed by atoms with van der Waals surface area (Å²) in [5.41, 5.74) is 0.821. The van der Waals surface area contributed by atoms with Gasteiger partial charge < -0.3 is 4.74 Å². The molecule has 0 aliphatic carbocycles. The number of thiophene rings is 1. The molecule has 130 valence electrons. The van der Waals surface area contributed by atoms with Crippen molar-refractivity contribution >= 4 is 27.5 Å². The van der Waals surface area contributed by atoms with Gasteiger partial charge in [0.05, 0.1) is 18.5 Å². The van der Waals surface area contributed by atoms with Crippen LogP contribution in [0, 0.1) is 13.8 Å². The Kier molecular flexibility index (Phi) is 5.01. The molecule has 1 aliphatic heterocycles. The van der Waals surface area contributed by atoms with Gasteiger partial charge in [-0.15, -0.1) is 11.3 Å². The lowest BCUT2D eigenvalue weighted by molar-refractivity contribution is -0.143. The molecule has 0 amide bonds. The maximum Gasteiger partial charge on any atom is 0.326 e. The molecule has 0 bridgehead atoms. The number of likely N-dealkylation sites (tertiary alicyclic amines) is 1. The number of esters is 1. The van der Waals surface area contributed by atoms with E-state index in [0.29, 0.717) is 24.4 Å². The van der Waals surface area contributed by atoms with E-state index in [2.05, 4.69) is 4.90 Å². The quantitative estimate of drug-likeness (QED) is 0.775. The molecule has 0 saturated carbocycles. The van der Waals surface area contributed by atoms with E-state index in [-0.39, 0.29) is 12.1 Å². The first-order valence-electron chi connectivity index (χ1n) is 8.38. The third-order valence-electron chi connectivity index (χ3n) is 4.52. The summed E-state index contributed by atoms with van der Waals surface area (Å²) in [4.78, 5) is 33.8. The minimum atomic E-state index is -0.395. The number of ether oxygens (including phenoxy) is 1. The zero-order valence-corrected chi connectivity index (χ0v) is 15.2. The Labute approximate surface area is 145 Å². The second-order valence-electron chi connectivity index (χ2n) is 6.17. The van der Waals surface area contributed by atoms with Gasteiger partial charge in [0.1, 0.15) is 17.2 Å². The molecule has 3 rings (SSSR count). The van der Waals surface area contributed by atoms with Gasteiger partial charge >= 0.3 is 5.97 Å². The molecule has 6 nitrogen and oxygen atoms in total. The van der Waals surface area contributed by atoms with E-state index in [9.17, 15) is 9.59 Å². The van der Waals surface area contributed by atoms with Crippen LogP contribution in [0.15, 0.2) is 4.79 Å². The summed E-state index contributed by atoms with van der Waals surface area (Å²) >= 11 is 1.54. The molecule has 3 heterocycles. The van der Waals surface area contributed by atoms with Crippen molar-refractivity contribution in [1.82, 2.24) is 14.5 Å². The monoisotopic (exact) mass is 349 g/mol. The van der Waals surface area contributed by atoms with Crippen molar-refractivity contribution in [2.24, 2.45) is 0 Å². The number of carbonyl (C=O) groups excluding carboxylic acids is 1. The Morgan fingerprint density at radius 1 is 1.29 bits per heavy atom. The van der Waals surface area contributed by atoms with Crippen LogP contribution in [0.5, 0.6) is 0 Å². The highest BCUT2D eigenvalue weighted by atomic mass is 32.1. The van der Waals surface area contributed by atoms with Crippen LogP contribution in [-0.4, -0.2) is 40.1 Å². The van der Waals surface area contributed by atoms with Crippen molar-refractivity contribution in [3.8, 4) is 0 Å². The van der Waals surface area contributed by atoms with Gasteiger partial charge in [-0.3, -0.25) is 19.1 Å². The summed E-state index contributed by atoms with van der Waals surface area (Å²) in [6, 6.07) is 0. The van der Waals surface area contributed by atoms with Crippen LogP contribution in [0.25, 0.3) is 10.2 Å². The number of carbonyl (C=O) groups is 1. The van der Waals surface area contributed by atoms with Crippen LogP contribution >= 0.6 is 11.3 Å². The first-order valence-corrected chi connectivity index (χ1v) is 9.20. The molecular formula is C17H23N3O3S. The summed E-state index contributed by atoms with van der Waals surface area (Å²) in [6.45, 7) is 8.54. The molecule has 24 heavy (non-hydrogen) atoms. The number of fused-ring (bicyclic) bond motifs is 1. The van der Waals surface area contributed by atoms with Crippen molar-refractivity contribution < 1.29 is 9.53 Å². The Hall–Kier alpha value is -1.73. The number of aryl methyl sites for hydroxylation is 2. The summed E-state index contributed by atoms with van der Waals surface area (Å²) in [5, 5.41) is 0.631. The summed E-state index contributed by atoms with van der Waals surface area (Å²) < 4.78 is 6.53. The molecule has 0 spiro atoms. The van der Waals surface area contributed by atoms with E-state index in [4.69, 9.17) is 9.72 Å². The van der Waals surface area contributed by atoms with E-state index >= 15 is 0 Å². The van der Waals surface area contributed by atoms with Gasteiger partial charge in [0.15, 0.2) is 0 Å². The van der Waals surface area contributed by atoms with Crippen molar-refractivity contribution in [3.63, 3.8) is 0 Å². The number of aromatic nitrogens is 2. The Balaban J connectivity index is 2.08. The molecule has 0 N–H and O–H groups in total. The lowest BCUT2D eigenvalue weighted by atomic mass is 10.2. The Morgan fingerprint density at radius 2 is 2.00 bits per heavy atom. The molecule has 1 saturated heterocycles. The highest BCUT2D eigenvalue weighted by Crippen LogP contribution is 2.26. The van der Waals surface area contributed by atoms with E-state index in [1.54, 1.807) is 18.3 Å². The highest BCUT2D eigenvalue weighted by Gasteiger charge is 2.21. The molecule has 1 aliphatic rings. The van der Waals surface area contributed by atoms with Gasteiger partial charge in [0.2, 0.25) is 0 Å². The summed E-state index contributed by atoms with van der Waals surface area (Å²) in [6.07, 6.45) is 2.34. The molecule has 2 aromatic heterocycles. The van der Waals surface area contributed by atoms with Gasteiger partial charge in [0, 0.05) is 4.88 Å². The molecule has 0 radical (unpaired) electrons. The third kappa shape index (κ3) is 3.23. The predicted octanol–water partition coefficient (Wildman–Crippen LogP) is 2.23. The minimum Gasteiger partial charge on any atom is -0.465 e. The number of rotatable bonds is 5. The fourth-order valence-corrected chi connectivity index (χ4v) is 4.17. The smallest absolute Gasteiger partial charge is 0.326 e. The number of nitrogens with zero attached hydrogens (tertiary/aromatic N) is 3. The van der Waals surface area contributed by atoms with Gasteiger partial charge in [0.25, 0.3) is 5.56 Å². The van der Waals surface area contributed by atoms with Gasteiger partial charge in [-0.25, -0.2) is 4.98 Å². The molecule has 1 fully saturated rings. The van der Waals surface area contributed by atoms with Crippen molar-refractivity contribution in [3.05, 3.63) is 26.6 Å². The maximum absolute atomic E-state index is 13.0. The zero-order valence-electron chi connectivity index (χ0n) is 14.4. The van der Waals surface area contributed by atoms with Gasteiger partial charge in [-0.05, 0) is 52.3 Å². The third-order valence-corrected chi connectivity index (χ3v) is 5.63. The highest BCUT2D eigenvalue weighted by molar-refractivity contribution is 7.18. The standard InChI is InChI=1S/C17H23N3O3S/c1-4-23-14(21)10-20-13(9-19-7-5-6-8-19)18-16-15(17(20)22)11(2)12(3)24-16/h4-10H2,1-3H3. The number of hydrogen-bond acceptors (Lipinski definition) is 6. The van der Waals surface area contributed by atoms with Crippen LogP contribution < -0.4 is 5.56 Å². The van der Waals surface area contributed by atoms with Gasteiger partial charge in [-0.1, -0.05) is 0 Å². The second kappa shape index (κ2) is 7.03. The van der Waals surface area contributed by atoms with E-state index in [1.807, 2.05) is 13.8 Å². The molecule has 0 atom stereocenters. The fraction of sp³-hybridized carbons (Fsp3) is 0.588. The first-order chi connectivity index (χ1) is 11.5. The molecular weight excluding hydrogens is 326 g/mol. The summed E-state index contributed by atoms with van der Waals surface area (Å²) in [5.74, 6) is 0.261. The van der Waals surface area contributed by atoms with Crippen LogP contribution in [0.2, 0.25) is 0 Å². The molecule has 2 aromatic rings. The average molecular weight is 349 g/mol. The van der Waals surface area contributed by atoms with Gasteiger partial charge in [-0.2, -0.15) is 0 Å². The first kappa shape index (κ1) is 17.1. The number of hydrogen-bond donors (Lipinski definition) is 0. The molecule has 7 heteroatoms. The molecule has 0 unspecified atom stereocenters. The van der Waals surface area contributed by atoms with E-state index in [0.717, 1.165) is 28.4 Å². The van der Waals surface area contributed by atoms with Crippen LogP contribution in [0.1, 0.15) is 36.0 Å². The molecule has 0 aromatic carbocycles. The van der Waals surface area contributed by atoms with Crippen LogP contribution in [0.3, 0.4) is 0 Å². The van der Waals surface area contributed by atoms with Crippen molar-refractivity contribution in [1.29, 1.82) is 0 Å². The fourth-order valence-electron chi connectivity index (χ4n) is 3.13. The lowest BCUT2D eigenvalue weighted by Gasteiger charge is -2.18. The van der Waals surface area contributed by atoms with E-state index in [1.165, 1.54) is 17.4 Å². The normalized spacial score (nSPS) is 15.3. The second-order valence-corrected chi connectivity index (χ2v) is 7.37. The largest absolute Gasteiger partial charge is 0.465 e. The lowest BCUT2D eigenvalue weighted by Crippen LogP contribution is -2.32. The Bertz CT molecular complexity index is 819. The van der Waals surface area contributed by atoms with Crippen molar-refractivity contribution in [2.75, 3.05) is 19.7 Å². The minimum absolute atomic E-state index is 0.0763. The van der Waals surface area contributed by atoms with Crippen molar-refractivity contribution in [2.45, 2.75) is 46.7 Å². The topological polar surface area (TPSA) is 64.4 Å². The van der Waals surface area contributed by atoms with E-state index < -0.39 is 5.97 Å². The SMILES string of the molecule is CCOC(=O)Cn1c(CN2CCCC2)nc2sc(C)c(C)c2c1=O. The predicted molar refractivity (Wildman–Crippen MR) is 94.5 cm³/mol. The average Bonchev–Trinajstić information content (AvgIpc) is 3.13. The maximum atomic E-state index is 13.0. The zero-order chi connectivity index (χ0) is 17.3. The summed E-state index contributed by atoms with van der Waals surface area (Å²) in [7, 11) is 0. The Morgan fingerprint density at radius 3 is 2.67 bits per heavy atom. The van der Waals surface area contributed by atoms with Crippen LogP contribution in [-0.2, 0) is 22.6 Å². The van der Waals surface area contributed by atoms with Crippen LogP contribution in [0.4, 0.5) is 0 Å².